The number of aromatic hydroxyl groups is 2. The standard InChI is InChI=1S/C15H12O5/c1-7-2-10-14(19)13-8(6-16)4-9(17)5-12(13)20-15(10)11(18)3-7/h2-5,16-18H,6H2,1H3. The summed E-state index contributed by atoms with van der Waals surface area (Å²) in [4.78, 5) is 12.5. The van der Waals surface area contributed by atoms with Crippen LogP contribution in [0.5, 0.6) is 11.5 Å². The molecular formula is C15H12O5. The molecule has 0 saturated carbocycles. The van der Waals surface area contributed by atoms with Crippen molar-refractivity contribution in [2.24, 2.45) is 0 Å². The van der Waals surface area contributed by atoms with Crippen LogP contribution in [0.4, 0.5) is 0 Å². The Morgan fingerprint density at radius 1 is 1.15 bits per heavy atom. The van der Waals surface area contributed by atoms with Crippen molar-refractivity contribution in [1.82, 2.24) is 0 Å². The van der Waals surface area contributed by atoms with Gasteiger partial charge in [0.05, 0.1) is 17.4 Å². The molecule has 3 aromatic rings. The van der Waals surface area contributed by atoms with Gasteiger partial charge in [0.25, 0.3) is 0 Å². The van der Waals surface area contributed by atoms with Gasteiger partial charge < -0.3 is 19.7 Å². The number of hydrogen-bond acceptors (Lipinski definition) is 5. The molecule has 0 spiro atoms. The highest BCUT2D eigenvalue weighted by molar-refractivity contribution is 5.94. The molecule has 0 radical (unpaired) electrons. The van der Waals surface area contributed by atoms with Crippen LogP contribution in [0.3, 0.4) is 0 Å². The molecule has 0 amide bonds. The molecule has 0 saturated heterocycles. The number of rotatable bonds is 1. The van der Waals surface area contributed by atoms with Gasteiger partial charge in [-0.2, -0.15) is 0 Å². The summed E-state index contributed by atoms with van der Waals surface area (Å²) in [6, 6.07) is 5.72. The molecule has 0 atom stereocenters. The second kappa shape index (κ2) is 4.25. The number of fused-ring (bicyclic) bond motifs is 2. The first-order chi connectivity index (χ1) is 9.51. The van der Waals surface area contributed by atoms with E-state index in [2.05, 4.69) is 0 Å². The van der Waals surface area contributed by atoms with Gasteiger partial charge >= 0.3 is 0 Å². The summed E-state index contributed by atoms with van der Waals surface area (Å²) in [6.07, 6.45) is 0. The molecule has 0 fully saturated rings. The van der Waals surface area contributed by atoms with Crippen molar-refractivity contribution in [3.8, 4) is 11.5 Å². The van der Waals surface area contributed by atoms with E-state index in [1.54, 1.807) is 13.0 Å². The summed E-state index contributed by atoms with van der Waals surface area (Å²) >= 11 is 0. The van der Waals surface area contributed by atoms with Crippen molar-refractivity contribution in [1.29, 1.82) is 0 Å². The molecule has 3 N–H and O–H groups in total. The largest absolute Gasteiger partial charge is 0.508 e. The predicted octanol–water partition coefficient (Wildman–Crippen LogP) is 2.16. The third-order valence-corrected chi connectivity index (χ3v) is 3.24. The molecule has 20 heavy (non-hydrogen) atoms. The molecule has 102 valence electrons. The van der Waals surface area contributed by atoms with Gasteiger partial charge in [0.15, 0.2) is 11.3 Å². The monoisotopic (exact) mass is 272 g/mol. The van der Waals surface area contributed by atoms with Crippen LogP contribution in [0.2, 0.25) is 0 Å². The second-order valence-electron chi connectivity index (χ2n) is 4.73. The smallest absolute Gasteiger partial charge is 0.201 e. The summed E-state index contributed by atoms with van der Waals surface area (Å²) in [6.45, 7) is 1.37. The molecular weight excluding hydrogens is 260 g/mol. The lowest BCUT2D eigenvalue weighted by Gasteiger charge is -2.07. The van der Waals surface area contributed by atoms with Gasteiger partial charge in [0, 0.05) is 6.07 Å². The van der Waals surface area contributed by atoms with Gasteiger partial charge in [0.2, 0.25) is 5.43 Å². The first-order valence-electron chi connectivity index (χ1n) is 6.04. The van der Waals surface area contributed by atoms with E-state index in [0.29, 0.717) is 0 Å². The Morgan fingerprint density at radius 2 is 1.90 bits per heavy atom. The number of aryl methyl sites for hydroxylation is 1. The summed E-state index contributed by atoms with van der Waals surface area (Å²) in [7, 11) is 0. The Balaban J connectivity index is 2.61. The predicted molar refractivity (Wildman–Crippen MR) is 74.0 cm³/mol. The van der Waals surface area contributed by atoms with Crippen molar-refractivity contribution in [3.05, 3.63) is 45.6 Å². The number of benzene rings is 2. The van der Waals surface area contributed by atoms with Crippen LogP contribution in [0.15, 0.2) is 33.5 Å². The topological polar surface area (TPSA) is 90.9 Å². The van der Waals surface area contributed by atoms with Gasteiger partial charge in [-0.15, -0.1) is 0 Å². The van der Waals surface area contributed by atoms with E-state index in [1.807, 2.05) is 0 Å². The third-order valence-electron chi connectivity index (χ3n) is 3.24. The average Bonchev–Trinajstić information content (AvgIpc) is 2.39. The van der Waals surface area contributed by atoms with Crippen LogP contribution < -0.4 is 5.43 Å². The maximum absolute atomic E-state index is 12.5. The molecule has 1 aromatic heterocycles. The zero-order valence-electron chi connectivity index (χ0n) is 10.7. The number of hydrogen-bond donors (Lipinski definition) is 3. The Labute approximate surface area is 113 Å². The van der Waals surface area contributed by atoms with Crippen molar-refractivity contribution in [2.45, 2.75) is 13.5 Å². The number of aliphatic hydroxyl groups is 1. The van der Waals surface area contributed by atoms with Crippen LogP contribution >= 0.6 is 0 Å². The van der Waals surface area contributed by atoms with Gasteiger partial charge in [-0.3, -0.25) is 4.79 Å². The van der Waals surface area contributed by atoms with Gasteiger partial charge in [-0.05, 0) is 36.2 Å². The lowest BCUT2D eigenvalue weighted by Crippen LogP contribution is -2.05. The third kappa shape index (κ3) is 1.71. The van der Waals surface area contributed by atoms with Gasteiger partial charge in [-0.25, -0.2) is 0 Å². The minimum Gasteiger partial charge on any atom is -0.508 e. The minimum atomic E-state index is -0.390. The quantitative estimate of drug-likeness (QED) is 0.590. The summed E-state index contributed by atoms with van der Waals surface area (Å²) < 4.78 is 5.52. The van der Waals surface area contributed by atoms with Crippen LogP contribution in [0.25, 0.3) is 21.9 Å². The maximum Gasteiger partial charge on any atom is 0.201 e. The Kier molecular flexibility index (Phi) is 2.65. The number of phenolic OH excluding ortho intramolecular Hbond substituents is 2. The second-order valence-corrected chi connectivity index (χ2v) is 4.73. The van der Waals surface area contributed by atoms with Gasteiger partial charge in [0.1, 0.15) is 11.3 Å². The molecule has 5 heteroatoms. The normalized spacial score (nSPS) is 11.3. The lowest BCUT2D eigenvalue weighted by molar-refractivity contribution is 0.282. The Morgan fingerprint density at radius 3 is 2.60 bits per heavy atom. The molecule has 0 aliphatic carbocycles. The van der Waals surface area contributed by atoms with Crippen molar-refractivity contribution in [2.75, 3.05) is 0 Å². The van der Waals surface area contributed by atoms with E-state index < -0.39 is 0 Å². The summed E-state index contributed by atoms with van der Waals surface area (Å²) in [5, 5.41) is 29.3. The van der Waals surface area contributed by atoms with Crippen molar-refractivity contribution >= 4 is 21.9 Å². The van der Waals surface area contributed by atoms with E-state index in [4.69, 9.17) is 4.42 Å². The highest BCUT2D eigenvalue weighted by atomic mass is 16.4. The Hall–Kier alpha value is -2.53. The van der Waals surface area contributed by atoms with Crippen LogP contribution in [0, 0.1) is 6.92 Å². The fourth-order valence-corrected chi connectivity index (χ4v) is 2.39. The molecule has 0 bridgehead atoms. The number of aliphatic hydroxyl groups excluding tert-OH is 1. The van der Waals surface area contributed by atoms with E-state index in [-0.39, 0.29) is 51.0 Å². The maximum atomic E-state index is 12.5. The molecule has 0 aliphatic heterocycles. The van der Waals surface area contributed by atoms with Gasteiger partial charge in [-0.1, -0.05) is 0 Å². The van der Waals surface area contributed by atoms with E-state index in [9.17, 15) is 20.1 Å². The molecule has 3 rings (SSSR count). The molecule has 0 aliphatic rings. The zero-order chi connectivity index (χ0) is 14.4. The van der Waals surface area contributed by atoms with Crippen LogP contribution in [0.1, 0.15) is 11.1 Å². The highest BCUT2D eigenvalue weighted by Gasteiger charge is 2.15. The lowest BCUT2D eigenvalue weighted by atomic mass is 10.0. The van der Waals surface area contributed by atoms with Crippen LogP contribution in [-0.4, -0.2) is 15.3 Å². The SMILES string of the molecule is Cc1cc(O)c2oc3cc(O)cc(CO)c3c(=O)c2c1. The van der Waals surface area contributed by atoms with Crippen LogP contribution in [-0.2, 0) is 6.61 Å². The fourth-order valence-electron chi connectivity index (χ4n) is 2.39. The summed E-state index contributed by atoms with van der Waals surface area (Å²) in [5.41, 5.74) is 0.875. The average molecular weight is 272 g/mol. The fraction of sp³-hybridized carbons (Fsp3) is 0.133. The van der Waals surface area contributed by atoms with E-state index >= 15 is 0 Å². The minimum absolute atomic E-state index is 0.0718. The molecule has 2 aromatic carbocycles. The zero-order valence-corrected chi connectivity index (χ0v) is 10.7. The molecule has 1 heterocycles. The van der Waals surface area contributed by atoms with Crippen molar-refractivity contribution in [3.63, 3.8) is 0 Å². The molecule has 5 nitrogen and oxygen atoms in total. The number of phenols is 2. The first-order valence-corrected chi connectivity index (χ1v) is 6.04. The highest BCUT2D eigenvalue weighted by Crippen LogP contribution is 2.30. The summed E-state index contributed by atoms with van der Waals surface area (Å²) in [5.74, 6) is -0.247. The van der Waals surface area contributed by atoms with E-state index in [0.717, 1.165) is 5.56 Å². The molecule has 0 unspecified atom stereocenters. The van der Waals surface area contributed by atoms with E-state index in [1.165, 1.54) is 18.2 Å². The first kappa shape index (κ1) is 12.5. The van der Waals surface area contributed by atoms with Crippen molar-refractivity contribution < 1.29 is 19.7 Å². The Bertz CT molecular complexity index is 892.